The molecule has 0 radical (unpaired) electrons. The van der Waals surface area contributed by atoms with Gasteiger partial charge in [-0.15, -0.1) is 0 Å². The molecule has 140 valence electrons. The smallest absolute Gasteiger partial charge is 0.321 e. The van der Waals surface area contributed by atoms with Crippen LogP contribution in [-0.4, -0.2) is 45.6 Å². The lowest BCUT2D eigenvalue weighted by Crippen LogP contribution is -2.40. The van der Waals surface area contributed by atoms with Crippen LogP contribution in [0.25, 0.3) is 0 Å². The fraction of sp³-hybridized carbons (Fsp3) is 0.467. The Morgan fingerprint density at radius 2 is 2.00 bits per heavy atom. The summed E-state index contributed by atoms with van der Waals surface area (Å²) in [5, 5.41) is 11.6. The Labute approximate surface area is 151 Å². The standard InChI is InChI=1S/C15H21ClN2O6S/c1-4-5-6-11(15(20)21)18-25(22,23)12-8-9(16)7-10(13(12)24-3)14(19)17-2/h7-8,11,18H,4-6H2,1-3H3,(H,17,19)(H,20,21)/t11-/m0/s1. The lowest BCUT2D eigenvalue weighted by molar-refractivity contribution is -0.139. The molecule has 0 saturated heterocycles. The van der Waals surface area contributed by atoms with Gasteiger partial charge in [-0.3, -0.25) is 9.59 Å². The van der Waals surface area contributed by atoms with Gasteiger partial charge < -0.3 is 15.2 Å². The fourth-order valence-corrected chi connectivity index (χ4v) is 3.90. The monoisotopic (exact) mass is 392 g/mol. The van der Waals surface area contributed by atoms with Crippen LogP contribution >= 0.6 is 11.6 Å². The van der Waals surface area contributed by atoms with Crippen LogP contribution in [0.15, 0.2) is 17.0 Å². The third-order valence-electron chi connectivity index (χ3n) is 3.43. The molecule has 1 aromatic rings. The van der Waals surface area contributed by atoms with E-state index < -0.39 is 32.8 Å². The molecule has 0 aromatic heterocycles. The molecular weight excluding hydrogens is 372 g/mol. The van der Waals surface area contributed by atoms with Gasteiger partial charge in [0.2, 0.25) is 10.0 Å². The topological polar surface area (TPSA) is 122 Å². The zero-order valence-corrected chi connectivity index (χ0v) is 15.7. The van der Waals surface area contributed by atoms with Crippen molar-refractivity contribution in [3.63, 3.8) is 0 Å². The third-order valence-corrected chi connectivity index (χ3v) is 5.12. The van der Waals surface area contributed by atoms with E-state index in [2.05, 4.69) is 10.0 Å². The summed E-state index contributed by atoms with van der Waals surface area (Å²) in [7, 11) is -1.70. The molecule has 0 bridgehead atoms. The summed E-state index contributed by atoms with van der Waals surface area (Å²) in [5.41, 5.74) is -0.0710. The quantitative estimate of drug-likeness (QED) is 0.587. The van der Waals surface area contributed by atoms with Gasteiger partial charge in [0.05, 0.1) is 12.7 Å². The predicted octanol–water partition coefficient (Wildman–Crippen LogP) is 1.63. The van der Waals surface area contributed by atoms with Gasteiger partial charge in [0.15, 0.2) is 5.75 Å². The van der Waals surface area contributed by atoms with E-state index in [0.29, 0.717) is 12.8 Å². The highest BCUT2D eigenvalue weighted by Gasteiger charge is 2.30. The molecule has 1 aromatic carbocycles. The Morgan fingerprint density at radius 1 is 1.36 bits per heavy atom. The highest BCUT2D eigenvalue weighted by Crippen LogP contribution is 2.32. The Hall–Kier alpha value is -1.84. The fourth-order valence-electron chi connectivity index (χ4n) is 2.17. The molecular formula is C15H21ClN2O6S. The van der Waals surface area contributed by atoms with Crippen molar-refractivity contribution in [2.75, 3.05) is 14.2 Å². The summed E-state index contributed by atoms with van der Waals surface area (Å²) in [4.78, 5) is 22.8. The average molecular weight is 393 g/mol. The van der Waals surface area contributed by atoms with Gasteiger partial charge >= 0.3 is 5.97 Å². The van der Waals surface area contributed by atoms with Crippen molar-refractivity contribution in [2.24, 2.45) is 0 Å². The van der Waals surface area contributed by atoms with E-state index >= 15 is 0 Å². The minimum Gasteiger partial charge on any atom is -0.494 e. The summed E-state index contributed by atoms with van der Waals surface area (Å²) >= 11 is 5.92. The normalized spacial score (nSPS) is 12.5. The van der Waals surface area contributed by atoms with Crippen molar-refractivity contribution in [2.45, 2.75) is 37.1 Å². The van der Waals surface area contributed by atoms with Gasteiger partial charge in [-0.2, -0.15) is 4.72 Å². The Bertz CT molecular complexity index is 751. The van der Waals surface area contributed by atoms with Crippen molar-refractivity contribution in [3.05, 3.63) is 22.7 Å². The minimum atomic E-state index is -4.28. The predicted molar refractivity (Wildman–Crippen MR) is 92.7 cm³/mol. The van der Waals surface area contributed by atoms with Crippen LogP contribution in [0.5, 0.6) is 5.75 Å². The van der Waals surface area contributed by atoms with Crippen LogP contribution in [0, 0.1) is 0 Å². The largest absolute Gasteiger partial charge is 0.494 e. The number of halogens is 1. The molecule has 1 atom stereocenters. The number of carboxylic acids is 1. The van der Waals surface area contributed by atoms with Gasteiger partial charge in [-0.25, -0.2) is 8.42 Å². The van der Waals surface area contributed by atoms with Crippen molar-refractivity contribution in [1.82, 2.24) is 10.0 Å². The van der Waals surface area contributed by atoms with Crippen LogP contribution in [-0.2, 0) is 14.8 Å². The molecule has 25 heavy (non-hydrogen) atoms. The van der Waals surface area contributed by atoms with Gasteiger partial charge in [0, 0.05) is 12.1 Å². The zero-order valence-electron chi connectivity index (χ0n) is 14.1. The second-order valence-electron chi connectivity index (χ2n) is 5.22. The minimum absolute atomic E-state index is 0.000193. The van der Waals surface area contributed by atoms with E-state index in [1.165, 1.54) is 20.2 Å². The first-order chi connectivity index (χ1) is 11.7. The number of hydrogen-bond acceptors (Lipinski definition) is 5. The van der Waals surface area contributed by atoms with Crippen molar-refractivity contribution < 1.29 is 27.9 Å². The Morgan fingerprint density at radius 3 is 2.48 bits per heavy atom. The summed E-state index contributed by atoms with van der Waals surface area (Å²) < 4.78 is 32.5. The number of aliphatic carboxylic acids is 1. The number of carbonyl (C=O) groups is 2. The van der Waals surface area contributed by atoms with E-state index in [-0.39, 0.29) is 22.8 Å². The molecule has 1 amide bonds. The number of rotatable bonds is 9. The number of hydrogen-bond donors (Lipinski definition) is 3. The lowest BCUT2D eigenvalue weighted by atomic mass is 10.1. The molecule has 10 heteroatoms. The van der Waals surface area contributed by atoms with Crippen LogP contribution in [0.1, 0.15) is 36.5 Å². The molecule has 0 unspecified atom stereocenters. The molecule has 3 N–H and O–H groups in total. The molecule has 8 nitrogen and oxygen atoms in total. The molecule has 0 aliphatic heterocycles. The first-order valence-electron chi connectivity index (χ1n) is 7.52. The van der Waals surface area contributed by atoms with E-state index in [4.69, 9.17) is 16.3 Å². The number of sulfonamides is 1. The van der Waals surface area contributed by atoms with Crippen LogP contribution in [0.3, 0.4) is 0 Å². The lowest BCUT2D eigenvalue weighted by Gasteiger charge is -2.18. The highest BCUT2D eigenvalue weighted by atomic mass is 35.5. The maximum Gasteiger partial charge on any atom is 0.321 e. The first-order valence-corrected chi connectivity index (χ1v) is 9.38. The molecule has 0 heterocycles. The van der Waals surface area contributed by atoms with Gasteiger partial charge in [-0.1, -0.05) is 31.4 Å². The molecule has 1 rings (SSSR count). The Kier molecular flexibility index (Phi) is 7.65. The molecule has 0 aliphatic rings. The van der Waals surface area contributed by atoms with Crippen LogP contribution in [0.2, 0.25) is 5.02 Å². The van der Waals surface area contributed by atoms with Crippen LogP contribution in [0.4, 0.5) is 0 Å². The molecule has 0 aliphatic carbocycles. The Balaban J connectivity index is 3.39. The van der Waals surface area contributed by atoms with Crippen molar-refractivity contribution in [1.29, 1.82) is 0 Å². The third kappa shape index (κ3) is 5.32. The summed E-state index contributed by atoms with van der Waals surface area (Å²) in [6.45, 7) is 1.86. The van der Waals surface area contributed by atoms with Crippen LogP contribution < -0.4 is 14.8 Å². The van der Waals surface area contributed by atoms with E-state index in [1.807, 2.05) is 6.92 Å². The zero-order chi connectivity index (χ0) is 19.2. The number of amides is 1. The average Bonchev–Trinajstić information content (AvgIpc) is 2.56. The van der Waals surface area contributed by atoms with Gasteiger partial charge in [0.25, 0.3) is 5.91 Å². The van der Waals surface area contributed by atoms with Crippen molar-refractivity contribution in [3.8, 4) is 5.75 Å². The number of unbranched alkanes of at least 4 members (excludes halogenated alkanes) is 1. The summed E-state index contributed by atoms with van der Waals surface area (Å²) in [6.07, 6.45) is 1.39. The summed E-state index contributed by atoms with van der Waals surface area (Å²) in [5.74, 6) is -2.09. The van der Waals surface area contributed by atoms with E-state index in [0.717, 1.165) is 6.07 Å². The number of ether oxygens (including phenoxy) is 1. The van der Waals surface area contributed by atoms with Gasteiger partial charge in [0.1, 0.15) is 10.9 Å². The highest BCUT2D eigenvalue weighted by molar-refractivity contribution is 7.89. The van der Waals surface area contributed by atoms with E-state index in [1.54, 1.807) is 0 Å². The number of carbonyl (C=O) groups excluding carboxylic acids is 1. The number of carboxylic acid groups (broad SMARTS) is 1. The maximum atomic E-state index is 12.7. The second kappa shape index (κ2) is 9.02. The van der Waals surface area contributed by atoms with Gasteiger partial charge in [-0.05, 0) is 18.6 Å². The number of methoxy groups -OCH3 is 1. The first kappa shape index (κ1) is 21.2. The molecule has 0 saturated carbocycles. The number of benzene rings is 1. The number of nitrogens with one attached hydrogen (secondary N) is 2. The molecule has 0 fully saturated rings. The maximum absolute atomic E-state index is 12.7. The second-order valence-corrected chi connectivity index (χ2v) is 7.34. The summed E-state index contributed by atoms with van der Waals surface area (Å²) in [6, 6.07) is 1.08. The SMILES string of the molecule is CCCC[C@H](NS(=O)(=O)c1cc(Cl)cc(C(=O)NC)c1OC)C(=O)O. The molecule has 0 spiro atoms. The van der Waals surface area contributed by atoms with Crippen molar-refractivity contribution >= 4 is 33.5 Å². The van der Waals surface area contributed by atoms with E-state index in [9.17, 15) is 23.1 Å².